The van der Waals surface area contributed by atoms with Gasteiger partial charge < -0.3 is 9.32 Å². The van der Waals surface area contributed by atoms with Gasteiger partial charge in [0, 0.05) is 13.1 Å². The highest BCUT2D eigenvalue weighted by Gasteiger charge is 2.33. The number of benzene rings is 2. The topological polar surface area (TPSA) is 98.3 Å². The summed E-state index contributed by atoms with van der Waals surface area (Å²) in [7, 11) is -3.15. The Morgan fingerprint density at radius 1 is 1.00 bits per heavy atom. The molecule has 0 spiro atoms. The van der Waals surface area contributed by atoms with Crippen molar-refractivity contribution in [1.82, 2.24) is 19.7 Å². The smallest absolute Gasteiger partial charge is 0.255 e. The largest absolute Gasteiger partial charge is 0.463 e. The van der Waals surface area contributed by atoms with E-state index in [1.54, 1.807) is 29.1 Å². The van der Waals surface area contributed by atoms with Crippen LogP contribution in [-0.4, -0.2) is 45.5 Å². The Kier molecular flexibility index (Phi) is 6.52. The SMILES string of the molecule is Cc1nn(C2CCS(=O)(=O)C2)c2nc(-c3ccco3)cc(C(=O)N(Cc3ccccc3)Cc3ccccc3)c12. The molecule has 4 heterocycles. The van der Waals surface area contributed by atoms with Gasteiger partial charge in [0.05, 0.1) is 40.5 Å². The molecule has 0 saturated carbocycles. The number of fused-ring (bicyclic) bond motifs is 1. The number of carbonyl (C=O) groups excluding carboxylic acids is 1. The Bertz CT molecular complexity index is 1690. The van der Waals surface area contributed by atoms with Crippen molar-refractivity contribution in [3.8, 4) is 11.5 Å². The molecular weight excluding hydrogens is 512 g/mol. The molecule has 198 valence electrons. The molecule has 8 nitrogen and oxygen atoms in total. The minimum atomic E-state index is -3.15. The van der Waals surface area contributed by atoms with Crippen LogP contribution in [0.25, 0.3) is 22.5 Å². The van der Waals surface area contributed by atoms with Crippen LogP contribution in [-0.2, 0) is 22.9 Å². The molecule has 1 amide bonds. The molecule has 39 heavy (non-hydrogen) atoms. The maximum absolute atomic E-state index is 14.4. The predicted molar refractivity (Wildman–Crippen MR) is 149 cm³/mol. The lowest BCUT2D eigenvalue weighted by atomic mass is 10.1. The number of rotatable bonds is 7. The van der Waals surface area contributed by atoms with Crippen molar-refractivity contribution in [3.63, 3.8) is 0 Å². The summed E-state index contributed by atoms with van der Waals surface area (Å²) >= 11 is 0. The van der Waals surface area contributed by atoms with Crippen molar-refractivity contribution in [1.29, 1.82) is 0 Å². The first kappa shape index (κ1) is 25.1. The zero-order chi connectivity index (χ0) is 27.0. The van der Waals surface area contributed by atoms with Crippen LogP contribution >= 0.6 is 0 Å². The van der Waals surface area contributed by atoms with Gasteiger partial charge in [-0.15, -0.1) is 0 Å². The molecule has 0 N–H and O–H groups in total. The van der Waals surface area contributed by atoms with Crippen LogP contribution in [0, 0.1) is 6.92 Å². The van der Waals surface area contributed by atoms with E-state index in [-0.39, 0.29) is 23.5 Å². The fourth-order valence-corrected chi connectivity index (χ4v) is 6.92. The number of pyridine rings is 1. The summed E-state index contributed by atoms with van der Waals surface area (Å²) in [5.74, 6) is 0.481. The molecule has 0 aliphatic carbocycles. The Morgan fingerprint density at radius 3 is 2.23 bits per heavy atom. The van der Waals surface area contributed by atoms with E-state index in [0.29, 0.717) is 53.3 Å². The van der Waals surface area contributed by atoms with E-state index >= 15 is 0 Å². The van der Waals surface area contributed by atoms with Crippen molar-refractivity contribution < 1.29 is 17.6 Å². The number of amides is 1. The number of nitrogens with zero attached hydrogens (tertiary/aromatic N) is 4. The summed E-state index contributed by atoms with van der Waals surface area (Å²) in [6, 6.07) is 24.8. The van der Waals surface area contributed by atoms with Crippen LogP contribution in [0.15, 0.2) is 89.5 Å². The third-order valence-electron chi connectivity index (χ3n) is 7.11. The van der Waals surface area contributed by atoms with E-state index in [2.05, 4.69) is 0 Å². The van der Waals surface area contributed by atoms with E-state index in [1.165, 1.54) is 0 Å². The third kappa shape index (κ3) is 5.09. The Labute approximate surface area is 226 Å². The normalized spacial score (nSPS) is 16.5. The van der Waals surface area contributed by atoms with Gasteiger partial charge in [0.2, 0.25) is 0 Å². The lowest BCUT2D eigenvalue weighted by molar-refractivity contribution is 0.0732. The molecule has 3 aromatic heterocycles. The summed E-state index contributed by atoms with van der Waals surface area (Å²) in [6.07, 6.45) is 2.02. The molecule has 9 heteroatoms. The van der Waals surface area contributed by atoms with Gasteiger partial charge in [-0.05, 0) is 42.7 Å². The maximum atomic E-state index is 14.4. The van der Waals surface area contributed by atoms with E-state index < -0.39 is 9.84 Å². The maximum Gasteiger partial charge on any atom is 0.255 e. The van der Waals surface area contributed by atoms with Crippen molar-refractivity contribution in [3.05, 3.63) is 108 Å². The molecule has 0 bridgehead atoms. The third-order valence-corrected chi connectivity index (χ3v) is 8.87. The monoisotopic (exact) mass is 540 g/mol. The first-order valence-corrected chi connectivity index (χ1v) is 14.7. The average molecular weight is 541 g/mol. The number of sulfone groups is 1. The molecule has 1 saturated heterocycles. The fourth-order valence-electron chi connectivity index (χ4n) is 5.23. The van der Waals surface area contributed by atoms with Crippen molar-refractivity contribution in [2.75, 3.05) is 11.5 Å². The van der Waals surface area contributed by atoms with Gasteiger partial charge in [0.1, 0.15) is 5.69 Å². The van der Waals surface area contributed by atoms with E-state index in [0.717, 1.165) is 11.1 Å². The lowest BCUT2D eigenvalue weighted by Gasteiger charge is -2.24. The highest BCUT2D eigenvalue weighted by atomic mass is 32.2. The molecule has 1 aliphatic heterocycles. The van der Waals surface area contributed by atoms with Gasteiger partial charge in [-0.25, -0.2) is 18.1 Å². The van der Waals surface area contributed by atoms with Gasteiger partial charge in [-0.1, -0.05) is 60.7 Å². The summed E-state index contributed by atoms with van der Waals surface area (Å²) in [6.45, 7) is 2.68. The van der Waals surface area contributed by atoms with E-state index in [9.17, 15) is 13.2 Å². The summed E-state index contributed by atoms with van der Waals surface area (Å²) in [4.78, 5) is 21.1. The first-order valence-electron chi connectivity index (χ1n) is 12.9. The Morgan fingerprint density at radius 2 is 1.67 bits per heavy atom. The summed E-state index contributed by atoms with van der Waals surface area (Å²) < 4.78 is 31.9. The van der Waals surface area contributed by atoms with Gasteiger partial charge in [0.25, 0.3) is 5.91 Å². The molecule has 1 unspecified atom stereocenters. The minimum absolute atomic E-state index is 0.00724. The van der Waals surface area contributed by atoms with Gasteiger partial charge in [0.15, 0.2) is 21.2 Å². The number of hydrogen-bond donors (Lipinski definition) is 0. The van der Waals surface area contributed by atoms with Gasteiger partial charge in [-0.2, -0.15) is 5.10 Å². The molecule has 0 radical (unpaired) electrons. The predicted octanol–water partition coefficient (Wildman–Crippen LogP) is 5.20. The highest BCUT2D eigenvalue weighted by molar-refractivity contribution is 7.91. The fraction of sp³-hybridized carbons (Fsp3) is 0.233. The number of hydrogen-bond acceptors (Lipinski definition) is 6. The van der Waals surface area contributed by atoms with Crippen LogP contribution in [0.1, 0.15) is 39.6 Å². The number of aromatic nitrogens is 3. The minimum Gasteiger partial charge on any atom is -0.463 e. The number of carbonyl (C=O) groups is 1. The van der Waals surface area contributed by atoms with Crippen LogP contribution < -0.4 is 0 Å². The van der Waals surface area contributed by atoms with Crippen LogP contribution in [0.3, 0.4) is 0 Å². The second-order valence-corrected chi connectivity index (χ2v) is 12.2. The van der Waals surface area contributed by atoms with E-state index in [4.69, 9.17) is 14.5 Å². The van der Waals surface area contributed by atoms with Crippen LogP contribution in [0.4, 0.5) is 0 Å². The molecule has 1 aliphatic rings. The van der Waals surface area contributed by atoms with Gasteiger partial charge in [-0.3, -0.25) is 4.79 Å². The number of aryl methyl sites for hydroxylation is 1. The Hall–Kier alpha value is -4.24. The standard InChI is InChI=1S/C30H28N4O4S/c1-21-28-25(30(35)33(18-22-9-4-2-5-10-22)19-23-11-6-3-7-12-23)17-26(27-13-8-15-38-27)31-29(28)34(32-21)24-14-16-39(36,37)20-24/h2-13,15,17,24H,14,16,18-20H2,1H3. The van der Waals surface area contributed by atoms with Crippen LogP contribution in [0.5, 0.6) is 0 Å². The van der Waals surface area contributed by atoms with Gasteiger partial charge >= 0.3 is 0 Å². The average Bonchev–Trinajstić information content (AvgIpc) is 3.68. The molecular formula is C30H28N4O4S. The second-order valence-electron chi connectivity index (χ2n) is 9.95. The van der Waals surface area contributed by atoms with Crippen LogP contribution in [0.2, 0.25) is 0 Å². The van der Waals surface area contributed by atoms with Crippen molar-refractivity contribution in [2.24, 2.45) is 0 Å². The second kappa shape index (κ2) is 10.1. The molecule has 5 aromatic rings. The van der Waals surface area contributed by atoms with E-state index in [1.807, 2.05) is 72.5 Å². The molecule has 6 rings (SSSR count). The zero-order valence-electron chi connectivity index (χ0n) is 21.5. The lowest BCUT2D eigenvalue weighted by Crippen LogP contribution is -2.30. The molecule has 1 fully saturated rings. The highest BCUT2D eigenvalue weighted by Crippen LogP contribution is 2.33. The summed E-state index contributed by atoms with van der Waals surface area (Å²) in [5, 5.41) is 5.35. The van der Waals surface area contributed by atoms with Crippen molar-refractivity contribution in [2.45, 2.75) is 32.5 Å². The Balaban J connectivity index is 1.50. The number of furan rings is 1. The first-order chi connectivity index (χ1) is 18.9. The molecule has 1 atom stereocenters. The quantitative estimate of drug-likeness (QED) is 0.281. The zero-order valence-corrected chi connectivity index (χ0v) is 22.3. The molecule has 2 aromatic carbocycles. The summed E-state index contributed by atoms with van der Waals surface area (Å²) in [5.41, 5.74) is 4.12. The van der Waals surface area contributed by atoms with Crippen molar-refractivity contribution >= 4 is 26.8 Å².